The molecular formula is C23H19F3N4O4. The Morgan fingerprint density at radius 3 is 2.50 bits per heavy atom. The van der Waals surface area contributed by atoms with Gasteiger partial charge in [0.15, 0.2) is 0 Å². The van der Waals surface area contributed by atoms with E-state index in [1.807, 2.05) is 0 Å². The first kappa shape index (κ1) is 24.2. The van der Waals surface area contributed by atoms with Gasteiger partial charge in [-0.15, -0.1) is 0 Å². The van der Waals surface area contributed by atoms with Crippen LogP contribution in [0, 0.1) is 10.1 Å². The van der Waals surface area contributed by atoms with E-state index in [1.54, 1.807) is 36.4 Å². The number of benzene rings is 3. The normalized spacial score (nSPS) is 11.3. The second-order valence-electron chi connectivity index (χ2n) is 7.01. The maximum Gasteiger partial charge on any atom is 0.416 e. The summed E-state index contributed by atoms with van der Waals surface area (Å²) in [6.07, 6.45) is -3.08. The van der Waals surface area contributed by atoms with Crippen molar-refractivity contribution in [2.75, 3.05) is 11.9 Å². The summed E-state index contributed by atoms with van der Waals surface area (Å²) < 4.78 is 43.9. The maximum absolute atomic E-state index is 12.7. The number of hydrazone groups is 1. The van der Waals surface area contributed by atoms with Gasteiger partial charge in [0.25, 0.3) is 11.6 Å². The lowest BCUT2D eigenvalue weighted by atomic mass is 10.2. The van der Waals surface area contributed by atoms with E-state index in [2.05, 4.69) is 15.8 Å². The van der Waals surface area contributed by atoms with Crippen LogP contribution in [0.3, 0.4) is 0 Å². The molecule has 3 aromatic carbocycles. The van der Waals surface area contributed by atoms with Crippen LogP contribution < -0.4 is 15.5 Å². The summed E-state index contributed by atoms with van der Waals surface area (Å²) in [5, 5.41) is 17.1. The molecular weight excluding hydrogens is 453 g/mol. The van der Waals surface area contributed by atoms with Gasteiger partial charge in [-0.25, -0.2) is 5.43 Å². The first-order chi connectivity index (χ1) is 16.2. The van der Waals surface area contributed by atoms with Crippen molar-refractivity contribution in [2.24, 2.45) is 5.10 Å². The summed E-state index contributed by atoms with van der Waals surface area (Å²) >= 11 is 0. The van der Waals surface area contributed by atoms with Crippen LogP contribution in [0.5, 0.6) is 5.75 Å². The van der Waals surface area contributed by atoms with Gasteiger partial charge in [-0.05, 0) is 53.6 Å². The number of nitrogens with one attached hydrogen (secondary N) is 2. The third-order valence-corrected chi connectivity index (χ3v) is 4.46. The molecule has 0 unspecified atom stereocenters. The lowest BCUT2D eigenvalue weighted by Gasteiger charge is -2.10. The Labute approximate surface area is 192 Å². The van der Waals surface area contributed by atoms with Crippen molar-refractivity contribution < 1.29 is 27.6 Å². The summed E-state index contributed by atoms with van der Waals surface area (Å²) in [7, 11) is 0. The van der Waals surface area contributed by atoms with Crippen LogP contribution in [0.4, 0.5) is 24.5 Å². The molecule has 0 heterocycles. The second-order valence-corrected chi connectivity index (χ2v) is 7.01. The molecule has 3 aromatic rings. The van der Waals surface area contributed by atoms with Gasteiger partial charge in [-0.1, -0.05) is 18.2 Å². The fraction of sp³-hybridized carbons (Fsp3) is 0.130. The highest BCUT2D eigenvalue weighted by molar-refractivity contribution is 5.84. The second kappa shape index (κ2) is 10.9. The van der Waals surface area contributed by atoms with Gasteiger partial charge in [-0.2, -0.15) is 18.3 Å². The average Bonchev–Trinajstić information content (AvgIpc) is 2.81. The van der Waals surface area contributed by atoms with Crippen molar-refractivity contribution in [3.05, 3.63) is 99.6 Å². The molecule has 1 amide bonds. The molecule has 8 nitrogen and oxygen atoms in total. The highest BCUT2D eigenvalue weighted by Gasteiger charge is 2.30. The first-order valence-electron chi connectivity index (χ1n) is 9.90. The molecule has 0 bridgehead atoms. The summed E-state index contributed by atoms with van der Waals surface area (Å²) in [5.41, 5.74) is 3.01. The van der Waals surface area contributed by atoms with Crippen molar-refractivity contribution in [1.29, 1.82) is 0 Å². The smallest absolute Gasteiger partial charge is 0.416 e. The molecule has 0 saturated carbocycles. The first-order valence-corrected chi connectivity index (χ1v) is 9.90. The summed E-state index contributed by atoms with van der Waals surface area (Å²) in [4.78, 5) is 22.1. The molecule has 0 saturated heterocycles. The largest absolute Gasteiger partial charge is 0.489 e. The van der Waals surface area contributed by atoms with Crippen LogP contribution in [0.15, 0.2) is 77.9 Å². The standard InChI is InChI=1S/C23H19F3N4O4/c24-23(25,26)18-4-2-5-19(12-18)27-14-22(31)29-28-13-17-3-1-6-21(11-17)34-15-16-7-9-20(10-8-16)30(32)33/h1-13,27H,14-15H2,(H,29,31)/b28-13-. The number of nitro benzene ring substituents is 1. The topological polar surface area (TPSA) is 106 Å². The zero-order valence-electron chi connectivity index (χ0n) is 17.6. The summed E-state index contributed by atoms with van der Waals surface area (Å²) in [6, 6.07) is 17.4. The number of hydrogen-bond donors (Lipinski definition) is 2. The van der Waals surface area contributed by atoms with Crippen molar-refractivity contribution in [1.82, 2.24) is 5.43 Å². The van der Waals surface area contributed by atoms with Crippen molar-refractivity contribution >= 4 is 23.5 Å². The Morgan fingerprint density at radius 2 is 1.79 bits per heavy atom. The molecule has 0 fully saturated rings. The number of anilines is 1. The van der Waals surface area contributed by atoms with Crippen LogP contribution in [-0.4, -0.2) is 23.6 Å². The lowest BCUT2D eigenvalue weighted by Crippen LogP contribution is -2.26. The molecule has 0 radical (unpaired) electrons. The van der Waals surface area contributed by atoms with Crippen molar-refractivity contribution in [3.63, 3.8) is 0 Å². The zero-order chi connectivity index (χ0) is 24.6. The van der Waals surface area contributed by atoms with Crippen molar-refractivity contribution in [2.45, 2.75) is 12.8 Å². The number of alkyl halides is 3. The number of carbonyl (C=O) groups excluding carboxylic acids is 1. The Balaban J connectivity index is 1.48. The van der Waals surface area contributed by atoms with Gasteiger partial charge in [0.1, 0.15) is 12.4 Å². The third-order valence-electron chi connectivity index (χ3n) is 4.46. The number of amides is 1. The number of nitrogens with zero attached hydrogens (tertiary/aromatic N) is 2. The summed E-state index contributed by atoms with van der Waals surface area (Å²) in [5.74, 6) is -0.0147. The minimum atomic E-state index is -4.47. The Hall–Kier alpha value is -4.41. The fourth-order valence-electron chi connectivity index (χ4n) is 2.77. The molecule has 176 valence electrons. The van der Waals surface area contributed by atoms with E-state index in [0.717, 1.165) is 17.7 Å². The maximum atomic E-state index is 12.7. The molecule has 0 aliphatic carbocycles. The predicted octanol–water partition coefficient (Wildman–Crippen LogP) is 4.75. The number of rotatable bonds is 9. The van der Waals surface area contributed by atoms with Crippen LogP contribution in [0.25, 0.3) is 0 Å². The fourth-order valence-corrected chi connectivity index (χ4v) is 2.77. The van der Waals surface area contributed by atoms with Gasteiger partial charge in [0, 0.05) is 17.8 Å². The van der Waals surface area contributed by atoms with Gasteiger partial charge < -0.3 is 10.1 Å². The van der Waals surface area contributed by atoms with E-state index in [4.69, 9.17) is 4.74 Å². The zero-order valence-corrected chi connectivity index (χ0v) is 17.6. The van der Waals surface area contributed by atoms with Crippen molar-refractivity contribution in [3.8, 4) is 5.75 Å². The van der Waals surface area contributed by atoms with E-state index >= 15 is 0 Å². The highest BCUT2D eigenvalue weighted by Crippen LogP contribution is 2.30. The van der Waals surface area contributed by atoms with Crippen LogP contribution in [0.2, 0.25) is 0 Å². The van der Waals surface area contributed by atoms with Crippen LogP contribution in [0.1, 0.15) is 16.7 Å². The Kier molecular flexibility index (Phi) is 7.80. The average molecular weight is 472 g/mol. The van der Waals surface area contributed by atoms with Gasteiger partial charge in [0.2, 0.25) is 0 Å². The minimum Gasteiger partial charge on any atom is -0.489 e. The van der Waals surface area contributed by atoms with E-state index in [0.29, 0.717) is 11.3 Å². The third kappa shape index (κ3) is 7.33. The molecule has 0 atom stereocenters. The van der Waals surface area contributed by atoms with E-state index in [-0.39, 0.29) is 24.5 Å². The monoisotopic (exact) mass is 472 g/mol. The van der Waals surface area contributed by atoms with E-state index in [1.165, 1.54) is 30.5 Å². The molecule has 3 rings (SSSR count). The Morgan fingerprint density at radius 1 is 1.06 bits per heavy atom. The van der Waals surface area contributed by atoms with Gasteiger partial charge in [-0.3, -0.25) is 14.9 Å². The number of nitro groups is 1. The van der Waals surface area contributed by atoms with Gasteiger partial charge in [0.05, 0.1) is 23.2 Å². The SMILES string of the molecule is O=C(CNc1cccc(C(F)(F)F)c1)N/N=C\c1cccc(OCc2ccc([N+](=O)[O-])cc2)c1. The number of carbonyl (C=O) groups is 1. The van der Waals surface area contributed by atoms with Crippen LogP contribution in [-0.2, 0) is 17.6 Å². The number of ether oxygens (including phenoxy) is 1. The van der Waals surface area contributed by atoms with E-state index < -0.39 is 22.6 Å². The van der Waals surface area contributed by atoms with E-state index in [9.17, 15) is 28.1 Å². The molecule has 0 aromatic heterocycles. The highest BCUT2D eigenvalue weighted by atomic mass is 19.4. The van der Waals surface area contributed by atoms with Crippen LogP contribution >= 0.6 is 0 Å². The number of hydrogen-bond acceptors (Lipinski definition) is 6. The molecule has 34 heavy (non-hydrogen) atoms. The Bertz CT molecular complexity index is 1180. The predicted molar refractivity (Wildman–Crippen MR) is 120 cm³/mol. The molecule has 2 N–H and O–H groups in total. The lowest BCUT2D eigenvalue weighted by molar-refractivity contribution is -0.384. The number of non-ortho nitro benzene ring substituents is 1. The summed E-state index contributed by atoms with van der Waals surface area (Å²) in [6.45, 7) is -0.0619. The number of halogens is 3. The van der Waals surface area contributed by atoms with Gasteiger partial charge >= 0.3 is 6.18 Å². The molecule has 0 aliphatic rings. The molecule has 0 spiro atoms. The molecule has 11 heteroatoms. The minimum absolute atomic E-state index is 0.00553. The molecule has 0 aliphatic heterocycles. The quantitative estimate of drug-likeness (QED) is 0.266.